The van der Waals surface area contributed by atoms with Gasteiger partial charge in [0.15, 0.2) is 0 Å². The number of rotatable bonds is 9. The Hall–Kier alpha value is -3.15. The highest BCUT2D eigenvalue weighted by Crippen LogP contribution is 2.43. The molecule has 1 spiro atoms. The lowest BCUT2D eigenvalue weighted by atomic mass is 9.75. The van der Waals surface area contributed by atoms with Crippen LogP contribution in [0.1, 0.15) is 28.3 Å². The number of ether oxygens (including phenoxy) is 1. The van der Waals surface area contributed by atoms with E-state index in [2.05, 4.69) is 84.0 Å². The highest BCUT2D eigenvalue weighted by molar-refractivity contribution is 5.74. The summed E-state index contributed by atoms with van der Waals surface area (Å²) in [5.41, 5.74) is 7.06. The van der Waals surface area contributed by atoms with Crippen LogP contribution in [0.4, 0.5) is 11.4 Å². The van der Waals surface area contributed by atoms with Crippen molar-refractivity contribution in [2.24, 2.45) is 5.41 Å². The average molecular weight is 456 g/mol. The van der Waals surface area contributed by atoms with Crippen molar-refractivity contribution in [1.82, 2.24) is 4.90 Å². The van der Waals surface area contributed by atoms with Gasteiger partial charge < -0.3 is 20.2 Å². The second-order valence-corrected chi connectivity index (χ2v) is 9.94. The summed E-state index contributed by atoms with van der Waals surface area (Å²) in [7, 11) is 0. The molecule has 2 unspecified atom stereocenters. The number of hydrogen-bond donors (Lipinski definition) is 2. The van der Waals surface area contributed by atoms with Gasteiger partial charge in [0, 0.05) is 25.0 Å². The smallest absolute Gasteiger partial charge is 0.144 e. The Balaban J connectivity index is 1.36. The van der Waals surface area contributed by atoms with Crippen LogP contribution in [-0.2, 0) is 16.1 Å². The van der Waals surface area contributed by atoms with E-state index in [0.29, 0.717) is 0 Å². The van der Waals surface area contributed by atoms with Gasteiger partial charge in [0.2, 0.25) is 0 Å². The second-order valence-electron chi connectivity index (χ2n) is 9.94. The Morgan fingerprint density at radius 2 is 1.53 bits per heavy atom. The molecular weight excluding hydrogens is 422 g/mol. The van der Waals surface area contributed by atoms with Crippen LogP contribution in [0, 0.1) is 19.3 Å². The lowest BCUT2D eigenvalue weighted by Gasteiger charge is -2.58. The van der Waals surface area contributed by atoms with Crippen LogP contribution < -0.4 is 10.6 Å². The molecular formula is C29H33N3O2. The van der Waals surface area contributed by atoms with Gasteiger partial charge in [-0.2, -0.15) is 0 Å². The van der Waals surface area contributed by atoms with Gasteiger partial charge in [-0.25, -0.2) is 0 Å². The lowest BCUT2D eigenvalue weighted by Crippen LogP contribution is -2.67. The summed E-state index contributed by atoms with van der Waals surface area (Å²) >= 11 is 0. The summed E-state index contributed by atoms with van der Waals surface area (Å²) in [5.74, 6) is 0. The fourth-order valence-corrected chi connectivity index (χ4v) is 5.03. The fourth-order valence-electron chi connectivity index (χ4n) is 5.03. The summed E-state index contributed by atoms with van der Waals surface area (Å²) < 4.78 is 5.48. The van der Waals surface area contributed by atoms with Crippen LogP contribution in [0.15, 0.2) is 72.8 Å². The molecule has 34 heavy (non-hydrogen) atoms. The number of nitrogens with zero attached hydrogens (tertiary/aromatic N) is 1. The molecule has 5 heteroatoms. The summed E-state index contributed by atoms with van der Waals surface area (Å²) in [6, 6.07) is 24.8. The van der Waals surface area contributed by atoms with Gasteiger partial charge in [0.1, 0.15) is 12.3 Å². The fraction of sp³-hybridized carbons (Fsp3) is 0.345. The van der Waals surface area contributed by atoms with Crippen LogP contribution in [0.25, 0.3) is 0 Å². The summed E-state index contributed by atoms with van der Waals surface area (Å²) in [4.78, 5) is 14.9. The van der Waals surface area contributed by atoms with Gasteiger partial charge in [0.05, 0.1) is 30.6 Å². The zero-order valence-electron chi connectivity index (χ0n) is 20.0. The quantitative estimate of drug-likeness (QED) is 0.446. The van der Waals surface area contributed by atoms with Gasteiger partial charge in [-0.15, -0.1) is 0 Å². The molecule has 2 fully saturated rings. The number of carbonyl (C=O) groups excluding carboxylic acids is 1. The molecule has 2 heterocycles. The maximum atomic E-state index is 12.5. The van der Waals surface area contributed by atoms with Crippen LogP contribution >= 0.6 is 0 Å². The zero-order chi connectivity index (χ0) is 23.5. The number of nitrogens with one attached hydrogen (secondary N) is 2. The number of hydrogen-bond acceptors (Lipinski definition) is 5. The molecule has 176 valence electrons. The molecule has 0 aromatic heterocycles. The maximum absolute atomic E-state index is 12.5. The average Bonchev–Trinajstić information content (AvgIpc) is 2.80. The molecule has 0 radical (unpaired) electrons. The van der Waals surface area contributed by atoms with E-state index in [-0.39, 0.29) is 17.5 Å². The zero-order valence-corrected chi connectivity index (χ0v) is 20.0. The highest BCUT2D eigenvalue weighted by Gasteiger charge is 2.52. The second kappa shape index (κ2) is 9.61. The molecule has 5 rings (SSSR count). The number of para-hydroxylation sites is 2. The van der Waals surface area contributed by atoms with E-state index in [0.717, 1.165) is 56.1 Å². The summed E-state index contributed by atoms with van der Waals surface area (Å²) in [6.07, 6.45) is 1.06. The Labute approximate surface area is 202 Å². The molecule has 2 aliphatic heterocycles. The first-order chi connectivity index (χ1) is 16.5. The molecule has 2 N–H and O–H groups in total. The standard InChI is InChI=1S/C29H33N3O2/c1-21-7-11-23(12-8-21)15-30-25-5-3-4-6-26(25)31-27(16-33)28(24-13-9-22(2)10-14-24)32-17-29(18-32)19-34-20-29/h3-14,16,27-28,30-31H,15,17-20H2,1-2H3. The van der Waals surface area contributed by atoms with Gasteiger partial charge in [-0.1, -0.05) is 71.8 Å². The Morgan fingerprint density at radius 1 is 0.912 bits per heavy atom. The van der Waals surface area contributed by atoms with E-state index < -0.39 is 0 Å². The van der Waals surface area contributed by atoms with Crippen molar-refractivity contribution in [3.63, 3.8) is 0 Å². The molecule has 0 bridgehead atoms. The molecule has 0 saturated carbocycles. The minimum absolute atomic E-state index is 0.0329. The Bertz CT molecular complexity index is 1110. The predicted molar refractivity (Wildman–Crippen MR) is 137 cm³/mol. The third-order valence-corrected chi connectivity index (χ3v) is 7.05. The van der Waals surface area contributed by atoms with Crippen LogP contribution in [-0.4, -0.2) is 43.5 Å². The van der Waals surface area contributed by atoms with Crippen molar-refractivity contribution in [1.29, 1.82) is 0 Å². The van der Waals surface area contributed by atoms with Crippen molar-refractivity contribution in [2.45, 2.75) is 32.5 Å². The van der Waals surface area contributed by atoms with E-state index in [1.165, 1.54) is 16.7 Å². The molecule has 3 aromatic carbocycles. The first-order valence-electron chi connectivity index (χ1n) is 12.0. The molecule has 0 amide bonds. The topological polar surface area (TPSA) is 53.6 Å². The van der Waals surface area contributed by atoms with E-state index in [1.807, 2.05) is 18.2 Å². The van der Waals surface area contributed by atoms with Crippen LogP contribution in [0.2, 0.25) is 0 Å². The van der Waals surface area contributed by atoms with Gasteiger partial charge in [-0.05, 0) is 37.1 Å². The molecule has 2 atom stereocenters. The largest absolute Gasteiger partial charge is 0.380 e. The van der Waals surface area contributed by atoms with E-state index >= 15 is 0 Å². The molecule has 5 nitrogen and oxygen atoms in total. The third kappa shape index (κ3) is 4.72. The van der Waals surface area contributed by atoms with Gasteiger partial charge >= 0.3 is 0 Å². The third-order valence-electron chi connectivity index (χ3n) is 7.05. The number of aryl methyl sites for hydroxylation is 2. The number of anilines is 2. The number of carbonyl (C=O) groups is 1. The Kier molecular flexibility index (Phi) is 6.40. The monoisotopic (exact) mass is 455 g/mol. The number of benzene rings is 3. The predicted octanol–water partition coefficient (Wildman–Crippen LogP) is 4.97. The van der Waals surface area contributed by atoms with E-state index in [9.17, 15) is 4.79 Å². The van der Waals surface area contributed by atoms with Crippen molar-refractivity contribution in [3.8, 4) is 0 Å². The van der Waals surface area contributed by atoms with Crippen molar-refractivity contribution in [2.75, 3.05) is 36.9 Å². The normalized spacial score (nSPS) is 18.4. The highest BCUT2D eigenvalue weighted by atomic mass is 16.5. The molecule has 2 saturated heterocycles. The van der Waals surface area contributed by atoms with Crippen molar-refractivity contribution >= 4 is 17.7 Å². The molecule has 2 aliphatic rings. The van der Waals surface area contributed by atoms with Crippen molar-refractivity contribution < 1.29 is 9.53 Å². The first kappa shape index (κ1) is 22.6. The number of likely N-dealkylation sites (tertiary alicyclic amines) is 1. The van der Waals surface area contributed by atoms with Crippen LogP contribution in [0.3, 0.4) is 0 Å². The summed E-state index contributed by atoms with van der Waals surface area (Å²) in [5, 5.41) is 7.11. The Morgan fingerprint density at radius 3 is 2.12 bits per heavy atom. The minimum Gasteiger partial charge on any atom is -0.380 e. The summed E-state index contributed by atoms with van der Waals surface area (Å²) in [6.45, 7) is 8.49. The first-order valence-corrected chi connectivity index (χ1v) is 12.0. The van der Waals surface area contributed by atoms with Gasteiger partial charge in [0.25, 0.3) is 0 Å². The number of aldehydes is 1. The molecule has 0 aliphatic carbocycles. The lowest BCUT2D eigenvalue weighted by molar-refractivity contribution is -0.200. The van der Waals surface area contributed by atoms with E-state index in [1.54, 1.807) is 0 Å². The minimum atomic E-state index is -0.372. The molecule has 3 aromatic rings. The maximum Gasteiger partial charge on any atom is 0.144 e. The van der Waals surface area contributed by atoms with Gasteiger partial charge in [-0.3, -0.25) is 4.90 Å². The van der Waals surface area contributed by atoms with Crippen LogP contribution in [0.5, 0.6) is 0 Å². The van der Waals surface area contributed by atoms with E-state index in [4.69, 9.17) is 4.74 Å². The SMILES string of the molecule is Cc1ccc(CNc2ccccc2NC(C=O)C(c2ccc(C)cc2)N2CC3(COC3)C2)cc1. The van der Waals surface area contributed by atoms with Crippen molar-refractivity contribution in [3.05, 3.63) is 95.1 Å².